The van der Waals surface area contributed by atoms with Gasteiger partial charge in [-0.25, -0.2) is 4.98 Å². The Balaban J connectivity index is 1.97. The van der Waals surface area contributed by atoms with Crippen molar-refractivity contribution in [1.82, 2.24) is 4.98 Å². The lowest BCUT2D eigenvalue weighted by Gasteiger charge is -1.96. The van der Waals surface area contributed by atoms with Crippen LogP contribution in [0.3, 0.4) is 0 Å². The van der Waals surface area contributed by atoms with Crippen molar-refractivity contribution in [2.75, 3.05) is 12.4 Å². The molecule has 0 aliphatic rings. The molecule has 0 aliphatic carbocycles. The van der Waals surface area contributed by atoms with E-state index in [0.717, 1.165) is 16.7 Å². The number of carbonyl (C=O) groups excluding carboxylic acids is 1. The monoisotopic (exact) mass is 288 g/mol. The van der Waals surface area contributed by atoms with E-state index >= 15 is 0 Å². The maximum atomic E-state index is 11.0. The number of rotatable bonds is 3. The van der Waals surface area contributed by atoms with Gasteiger partial charge < -0.3 is 14.5 Å². The molecule has 102 valence electrons. The Bertz CT molecular complexity index is 776. The summed E-state index contributed by atoms with van der Waals surface area (Å²) in [4.78, 5) is 15.3. The number of methoxy groups -OCH3 is 1. The number of nitrogens with one attached hydrogen (secondary N) is 1. The van der Waals surface area contributed by atoms with Crippen molar-refractivity contribution in [2.24, 2.45) is 0 Å². The van der Waals surface area contributed by atoms with Gasteiger partial charge in [-0.05, 0) is 24.3 Å². The number of benzene rings is 1. The smallest absolute Gasteiger partial charge is 0.223 e. The summed E-state index contributed by atoms with van der Waals surface area (Å²) >= 11 is 1.36. The van der Waals surface area contributed by atoms with Crippen LogP contribution in [-0.2, 0) is 4.79 Å². The molecule has 0 bridgehead atoms. The minimum Gasteiger partial charge on any atom is -0.497 e. The zero-order chi connectivity index (χ0) is 14.1. The zero-order valence-electron chi connectivity index (χ0n) is 11.0. The number of amides is 1. The Morgan fingerprint density at radius 3 is 3.00 bits per heavy atom. The molecule has 2 heterocycles. The average Bonchev–Trinajstić information content (AvgIpc) is 3.02. The molecular formula is C14H12N2O3S. The summed E-state index contributed by atoms with van der Waals surface area (Å²) < 4.78 is 10.9. The van der Waals surface area contributed by atoms with E-state index < -0.39 is 0 Å². The summed E-state index contributed by atoms with van der Waals surface area (Å²) in [6.07, 6.45) is 0. The average molecular weight is 288 g/mol. The van der Waals surface area contributed by atoms with E-state index in [1.807, 2.05) is 29.6 Å². The first-order chi connectivity index (χ1) is 9.65. The number of aromatic nitrogens is 1. The van der Waals surface area contributed by atoms with Crippen molar-refractivity contribution in [3.63, 3.8) is 0 Å². The van der Waals surface area contributed by atoms with Crippen LogP contribution in [0.1, 0.15) is 6.92 Å². The van der Waals surface area contributed by atoms with E-state index in [4.69, 9.17) is 9.15 Å². The van der Waals surface area contributed by atoms with Crippen molar-refractivity contribution in [3.8, 4) is 17.2 Å². The van der Waals surface area contributed by atoms with E-state index in [1.54, 1.807) is 7.11 Å². The highest BCUT2D eigenvalue weighted by atomic mass is 32.1. The Morgan fingerprint density at radius 1 is 1.40 bits per heavy atom. The fraction of sp³-hybridized carbons (Fsp3) is 0.143. The maximum absolute atomic E-state index is 11.0. The topological polar surface area (TPSA) is 64.4 Å². The number of anilines is 1. The molecule has 3 rings (SSSR count). The first kappa shape index (κ1) is 12.7. The first-order valence-corrected chi connectivity index (χ1v) is 6.85. The molecule has 1 N–H and O–H groups in total. The quantitative estimate of drug-likeness (QED) is 0.800. The maximum Gasteiger partial charge on any atom is 0.223 e. The standard InChI is InChI=1S/C14H12N2O3S/c1-8(17)15-14-16-11(7-20-14)13-6-9-5-10(18-2)3-4-12(9)19-13/h3-7H,1-2H3,(H,15,16,17). The van der Waals surface area contributed by atoms with Gasteiger partial charge in [0.1, 0.15) is 17.0 Å². The Kier molecular flexibility index (Phi) is 3.15. The van der Waals surface area contributed by atoms with Gasteiger partial charge in [0.05, 0.1) is 7.11 Å². The van der Waals surface area contributed by atoms with Gasteiger partial charge in [0, 0.05) is 17.7 Å². The van der Waals surface area contributed by atoms with E-state index in [9.17, 15) is 4.79 Å². The van der Waals surface area contributed by atoms with Gasteiger partial charge in [0.2, 0.25) is 5.91 Å². The third-order valence-corrected chi connectivity index (χ3v) is 3.52. The molecule has 3 aromatic rings. The van der Waals surface area contributed by atoms with Crippen molar-refractivity contribution in [3.05, 3.63) is 29.6 Å². The largest absolute Gasteiger partial charge is 0.497 e. The number of nitrogens with zero attached hydrogens (tertiary/aromatic N) is 1. The van der Waals surface area contributed by atoms with E-state index in [1.165, 1.54) is 18.3 Å². The van der Waals surface area contributed by atoms with Crippen molar-refractivity contribution in [2.45, 2.75) is 6.92 Å². The number of ether oxygens (including phenoxy) is 1. The molecule has 5 nitrogen and oxygen atoms in total. The van der Waals surface area contributed by atoms with Gasteiger partial charge >= 0.3 is 0 Å². The molecule has 0 aliphatic heterocycles. The number of fused-ring (bicyclic) bond motifs is 1. The lowest BCUT2D eigenvalue weighted by molar-refractivity contribution is -0.114. The second-order valence-corrected chi connectivity index (χ2v) is 5.09. The number of furan rings is 1. The molecule has 0 saturated carbocycles. The van der Waals surface area contributed by atoms with Crippen molar-refractivity contribution in [1.29, 1.82) is 0 Å². The van der Waals surface area contributed by atoms with Crippen LogP contribution in [0.25, 0.3) is 22.4 Å². The van der Waals surface area contributed by atoms with Crippen molar-refractivity contribution < 1.29 is 13.9 Å². The van der Waals surface area contributed by atoms with E-state index in [2.05, 4.69) is 10.3 Å². The van der Waals surface area contributed by atoms with Crippen LogP contribution in [0.15, 0.2) is 34.1 Å². The van der Waals surface area contributed by atoms with Gasteiger partial charge in [-0.3, -0.25) is 4.79 Å². The van der Waals surface area contributed by atoms with Gasteiger partial charge in [-0.1, -0.05) is 0 Å². The highest BCUT2D eigenvalue weighted by Gasteiger charge is 2.11. The summed E-state index contributed by atoms with van der Waals surface area (Å²) in [5.41, 5.74) is 1.48. The van der Waals surface area contributed by atoms with Crippen LogP contribution < -0.4 is 10.1 Å². The van der Waals surface area contributed by atoms with Crippen LogP contribution in [-0.4, -0.2) is 18.0 Å². The normalized spacial score (nSPS) is 10.7. The minimum atomic E-state index is -0.139. The second kappa shape index (κ2) is 4.97. The fourth-order valence-electron chi connectivity index (χ4n) is 1.87. The summed E-state index contributed by atoms with van der Waals surface area (Å²) in [6, 6.07) is 7.52. The molecule has 0 unspecified atom stereocenters. The van der Waals surface area contributed by atoms with E-state index in [0.29, 0.717) is 16.6 Å². The Morgan fingerprint density at radius 2 is 2.25 bits per heavy atom. The fourth-order valence-corrected chi connectivity index (χ4v) is 2.62. The van der Waals surface area contributed by atoms with Crippen LogP contribution in [0.2, 0.25) is 0 Å². The molecule has 0 saturated heterocycles. The number of hydrogen-bond acceptors (Lipinski definition) is 5. The van der Waals surface area contributed by atoms with Crippen LogP contribution >= 0.6 is 11.3 Å². The van der Waals surface area contributed by atoms with E-state index in [-0.39, 0.29) is 5.91 Å². The lowest BCUT2D eigenvalue weighted by atomic mass is 10.2. The van der Waals surface area contributed by atoms with Gasteiger partial charge in [-0.2, -0.15) is 0 Å². The van der Waals surface area contributed by atoms with Gasteiger partial charge in [0.15, 0.2) is 10.9 Å². The molecular weight excluding hydrogens is 276 g/mol. The SMILES string of the molecule is COc1ccc2oc(-c3csc(NC(C)=O)n3)cc2c1. The molecule has 0 radical (unpaired) electrons. The zero-order valence-corrected chi connectivity index (χ0v) is 11.8. The summed E-state index contributed by atoms with van der Waals surface area (Å²) in [5.74, 6) is 1.31. The number of thiazole rings is 1. The third-order valence-electron chi connectivity index (χ3n) is 2.76. The summed E-state index contributed by atoms with van der Waals surface area (Å²) in [5, 5.41) is 6.01. The van der Waals surface area contributed by atoms with Crippen LogP contribution in [0.5, 0.6) is 5.75 Å². The molecule has 6 heteroatoms. The summed E-state index contributed by atoms with van der Waals surface area (Å²) in [7, 11) is 1.63. The second-order valence-electron chi connectivity index (χ2n) is 4.23. The molecule has 1 amide bonds. The van der Waals surface area contributed by atoms with Crippen molar-refractivity contribution >= 4 is 33.3 Å². The molecule has 0 fully saturated rings. The molecule has 20 heavy (non-hydrogen) atoms. The molecule has 0 spiro atoms. The number of hydrogen-bond donors (Lipinski definition) is 1. The predicted molar refractivity (Wildman–Crippen MR) is 78.2 cm³/mol. The molecule has 0 atom stereocenters. The highest BCUT2D eigenvalue weighted by molar-refractivity contribution is 7.14. The Hall–Kier alpha value is -2.34. The van der Waals surface area contributed by atoms with Crippen LogP contribution in [0.4, 0.5) is 5.13 Å². The number of carbonyl (C=O) groups is 1. The first-order valence-electron chi connectivity index (χ1n) is 5.97. The molecule has 2 aromatic heterocycles. The Labute approximate surface area is 119 Å². The molecule has 1 aromatic carbocycles. The highest BCUT2D eigenvalue weighted by Crippen LogP contribution is 2.31. The van der Waals surface area contributed by atoms with Gasteiger partial charge in [-0.15, -0.1) is 11.3 Å². The lowest BCUT2D eigenvalue weighted by Crippen LogP contribution is -2.04. The predicted octanol–water partition coefficient (Wildman–Crippen LogP) is 3.52. The van der Waals surface area contributed by atoms with Crippen LogP contribution in [0, 0.1) is 0 Å². The van der Waals surface area contributed by atoms with Gasteiger partial charge in [0.25, 0.3) is 0 Å². The minimum absolute atomic E-state index is 0.139. The third kappa shape index (κ3) is 2.37. The summed E-state index contributed by atoms with van der Waals surface area (Å²) in [6.45, 7) is 1.45.